The molecule has 2 aromatic carbocycles. The van der Waals surface area contributed by atoms with Gasteiger partial charge in [0.25, 0.3) is 0 Å². The molecule has 2 aromatic rings. The Morgan fingerprint density at radius 1 is 0.652 bits per heavy atom. The number of rotatable bonds is 2. The molecule has 2 aliphatic carbocycles. The van der Waals surface area contributed by atoms with E-state index >= 15 is 0 Å². The first kappa shape index (κ1) is 15.0. The molecule has 2 aliphatic rings. The summed E-state index contributed by atoms with van der Waals surface area (Å²) in [4.78, 5) is 0. The molecule has 2 atom stereocenters. The maximum absolute atomic E-state index is 2.63. The number of benzene rings is 2. The van der Waals surface area contributed by atoms with Crippen molar-refractivity contribution in [3.8, 4) is 0 Å². The van der Waals surface area contributed by atoms with E-state index in [0.29, 0.717) is 9.50 Å². The van der Waals surface area contributed by atoms with Crippen molar-refractivity contribution in [2.24, 2.45) is 0 Å². The molecule has 0 spiro atoms. The summed E-state index contributed by atoms with van der Waals surface area (Å²) in [7, 11) is 0. The van der Waals surface area contributed by atoms with Crippen LogP contribution in [0, 0.1) is 0 Å². The van der Waals surface area contributed by atoms with Crippen molar-refractivity contribution in [1.29, 1.82) is 0 Å². The summed E-state index contributed by atoms with van der Waals surface area (Å²) in [6.07, 6.45) is 4.85. The van der Waals surface area contributed by atoms with Crippen LogP contribution in [0.5, 0.6) is 0 Å². The predicted molar refractivity (Wildman–Crippen MR) is 103 cm³/mol. The molecule has 23 heavy (non-hydrogen) atoms. The second kappa shape index (κ2) is 5.24. The zero-order valence-electron chi connectivity index (χ0n) is 14.4. The minimum absolute atomic E-state index is 0.672. The summed E-state index contributed by atoms with van der Waals surface area (Å²) in [6, 6.07) is 18.0. The van der Waals surface area contributed by atoms with Crippen molar-refractivity contribution in [2.45, 2.75) is 34.9 Å². The third kappa shape index (κ3) is 2.19. The third-order valence-corrected chi connectivity index (χ3v) is 15.2. The Bertz CT molecular complexity index is 769. The molecule has 2 unspecified atom stereocenters. The van der Waals surface area contributed by atoms with Crippen molar-refractivity contribution in [2.75, 3.05) is 0 Å². The molecule has 0 nitrogen and oxygen atoms in total. The maximum atomic E-state index is 2.63. The standard InChI is InChI=1S/C22H24Ge/c1-15-13-17-9-5-7-11-19(17)21(15)23(3,4)22-16(2)14-18-10-6-8-12-20(18)22/h5-14,21-22H,1-4H3. The first-order valence-corrected chi connectivity index (χ1v) is 15.2. The van der Waals surface area contributed by atoms with Crippen LogP contribution in [0.2, 0.25) is 11.5 Å². The summed E-state index contributed by atoms with van der Waals surface area (Å²) in [6.45, 7) is 4.69. The van der Waals surface area contributed by atoms with Crippen LogP contribution in [0.15, 0.2) is 59.7 Å². The van der Waals surface area contributed by atoms with Gasteiger partial charge in [0.1, 0.15) is 0 Å². The van der Waals surface area contributed by atoms with Crippen molar-refractivity contribution in [3.63, 3.8) is 0 Å². The van der Waals surface area contributed by atoms with Crippen LogP contribution in [-0.4, -0.2) is 13.3 Å². The molecule has 0 saturated heterocycles. The second-order valence-electron chi connectivity index (χ2n) is 7.72. The molecule has 1 heteroatoms. The summed E-state index contributed by atoms with van der Waals surface area (Å²) in [5, 5.41) is 0. The molecule has 0 saturated carbocycles. The van der Waals surface area contributed by atoms with Gasteiger partial charge in [-0.1, -0.05) is 0 Å². The van der Waals surface area contributed by atoms with Crippen LogP contribution in [-0.2, 0) is 0 Å². The SMILES string of the molecule is CC1=Cc2ccccc2[CH]1[Ge]([CH3])([CH3])[CH]1C(C)=Cc2ccccc21. The first-order chi connectivity index (χ1) is 11.0. The molecule has 116 valence electrons. The fourth-order valence-electron chi connectivity index (χ4n) is 5.10. The van der Waals surface area contributed by atoms with Crippen LogP contribution < -0.4 is 0 Å². The molecular weight excluding hydrogens is 337 g/mol. The third-order valence-electron chi connectivity index (χ3n) is 5.78. The van der Waals surface area contributed by atoms with Crippen LogP contribution in [0.3, 0.4) is 0 Å². The molecule has 0 amide bonds. The summed E-state index contributed by atoms with van der Waals surface area (Å²) in [5.41, 5.74) is 9.20. The Balaban J connectivity index is 1.84. The van der Waals surface area contributed by atoms with Crippen molar-refractivity contribution in [3.05, 3.63) is 81.9 Å². The molecule has 0 radical (unpaired) electrons. The molecular formula is C22H24Ge. The Morgan fingerprint density at radius 3 is 1.48 bits per heavy atom. The molecule has 0 aromatic heterocycles. The summed E-state index contributed by atoms with van der Waals surface area (Å²) >= 11 is -2.22. The minimum atomic E-state index is -2.22. The Kier molecular flexibility index (Phi) is 3.42. The van der Waals surface area contributed by atoms with E-state index in [1.54, 1.807) is 22.3 Å². The molecule has 0 fully saturated rings. The van der Waals surface area contributed by atoms with Gasteiger partial charge in [0.15, 0.2) is 0 Å². The van der Waals surface area contributed by atoms with Crippen LogP contribution in [0.4, 0.5) is 0 Å². The average molecular weight is 361 g/mol. The van der Waals surface area contributed by atoms with Gasteiger partial charge in [0.2, 0.25) is 0 Å². The van der Waals surface area contributed by atoms with Gasteiger partial charge in [-0.2, -0.15) is 0 Å². The van der Waals surface area contributed by atoms with E-state index in [9.17, 15) is 0 Å². The summed E-state index contributed by atoms with van der Waals surface area (Å²) < 4.78 is 1.34. The van der Waals surface area contributed by atoms with Gasteiger partial charge in [-0.25, -0.2) is 0 Å². The quantitative estimate of drug-likeness (QED) is 0.561. The van der Waals surface area contributed by atoms with Crippen LogP contribution >= 0.6 is 0 Å². The monoisotopic (exact) mass is 362 g/mol. The Hall–Kier alpha value is -1.54. The molecule has 4 rings (SSSR count). The van der Waals surface area contributed by atoms with E-state index in [2.05, 4.69) is 86.0 Å². The zero-order valence-corrected chi connectivity index (χ0v) is 16.5. The number of hydrogen-bond acceptors (Lipinski definition) is 0. The average Bonchev–Trinajstić information content (AvgIpc) is 3.02. The van der Waals surface area contributed by atoms with Gasteiger partial charge in [-0.3, -0.25) is 0 Å². The number of allylic oxidation sites excluding steroid dienone is 2. The first-order valence-electron chi connectivity index (χ1n) is 8.54. The van der Waals surface area contributed by atoms with E-state index < -0.39 is 13.3 Å². The van der Waals surface area contributed by atoms with Crippen LogP contribution in [0.1, 0.15) is 45.6 Å². The molecule has 0 bridgehead atoms. The normalized spacial score (nSPS) is 22.4. The predicted octanol–water partition coefficient (Wildman–Crippen LogP) is 6.17. The Morgan fingerprint density at radius 2 is 1.04 bits per heavy atom. The van der Waals surface area contributed by atoms with Crippen molar-refractivity contribution >= 4 is 25.4 Å². The van der Waals surface area contributed by atoms with Gasteiger partial charge in [0.05, 0.1) is 0 Å². The van der Waals surface area contributed by atoms with Crippen LogP contribution in [0.25, 0.3) is 12.2 Å². The van der Waals surface area contributed by atoms with Gasteiger partial charge < -0.3 is 0 Å². The zero-order chi connectivity index (χ0) is 16.2. The van der Waals surface area contributed by atoms with Crippen molar-refractivity contribution < 1.29 is 0 Å². The van der Waals surface area contributed by atoms with Gasteiger partial charge >= 0.3 is 142 Å². The second-order valence-corrected chi connectivity index (χ2v) is 17.8. The number of hydrogen-bond donors (Lipinski definition) is 0. The summed E-state index contributed by atoms with van der Waals surface area (Å²) in [5.74, 6) is 5.27. The fourth-order valence-corrected chi connectivity index (χ4v) is 15.5. The molecule has 0 heterocycles. The van der Waals surface area contributed by atoms with Crippen molar-refractivity contribution in [1.82, 2.24) is 0 Å². The van der Waals surface area contributed by atoms with E-state index in [1.165, 1.54) is 11.1 Å². The van der Waals surface area contributed by atoms with Gasteiger partial charge in [-0.05, 0) is 0 Å². The van der Waals surface area contributed by atoms with E-state index in [0.717, 1.165) is 0 Å². The molecule has 0 aliphatic heterocycles. The van der Waals surface area contributed by atoms with E-state index in [1.807, 2.05) is 0 Å². The van der Waals surface area contributed by atoms with E-state index in [4.69, 9.17) is 0 Å². The van der Waals surface area contributed by atoms with Gasteiger partial charge in [0, 0.05) is 0 Å². The number of fused-ring (bicyclic) bond motifs is 2. The van der Waals surface area contributed by atoms with Gasteiger partial charge in [-0.15, -0.1) is 0 Å². The fraction of sp³-hybridized carbons (Fsp3) is 0.273. The Labute approximate surface area is 142 Å². The topological polar surface area (TPSA) is 0 Å². The van der Waals surface area contributed by atoms with E-state index in [-0.39, 0.29) is 0 Å². The molecule has 0 N–H and O–H groups in total.